The molecule has 0 atom stereocenters. The molecule has 1 heterocycles. The van der Waals surface area contributed by atoms with Crippen LogP contribution in [0.4, 0.5) is 4.79 Å². The monoisotopic (exact) mass is 257 g/mol. The van der Waals surface area contributed by atoms with Crippen LogP contribution in [0.25, 0.3) is 0 Å². The van der Waals surface area contributed by atoms with Crippen LogP contribution in [0.5, 0.6) is 0 Å². The third-order valence-corrected chi connectivity index (χ3v) is 2.41. The molecule has 1 fully saturated rings. The quantitative estimate of drug-likeness (QED) is 0.594. The summed E-state index contributed by atoms with van der Waals surface area (Å²) in [5.41, 5.74) is 0. The van der Waals surface area contributed by atoms with Crippen molar-refractivity contribution in [3.05, 3.63) is 0 Å². The zero-order chi connectivity index (χ0) is 13.5. The van der Waals surface area contributed by atoms with Gasteiger partial charge in [0.25, 0.3) is 0 Å². The van der Waals surface area contributed by atoms with Crippen LogP contribution in [-0.2, 0) is 14.4 Å². The third-order valence-electron chi connectivity index (χ3n) is 2.41. The van der Waals surface area contributed by atoms with Gasteiger partial charge in [-0.3, -0.25) is 19.7 Å². The molecule has 0 spiro atoms. The number of carboxylic acids is 1. The average molecular weight is 257 g/mol. The van der Waals surface area contributed by atoms with Gasteiger partial charge in [-0.15, -0.1) is 0 Å². The van der Waals surface area contributed by atoms with E-state index >= 15 is 0 Å². The number of carbonyl (C=O) groups excluding carboxylic acids is 3. The lowest BCUT2D eigenvalue weighted by molar-refractivity contribution is -0.138. The van der Waals surface area contributed by atoms with Crippen molar-refractivity contribution in [1.82, 2.24) is 15.5 Å². The Balaban J connectivity index is 2.37. The fourth-order valence-electron chi connectivity index (χ4n) is 1.45. The van der Waals surface area contributed by atoms with E-state index in [1.165, 1.54) is 4.90 Å². The maximum Gasteiger partial charge on any atom is 0.324 e. The van der Waals surface area contributed by atoms with E-state index in [0.29, 0.717) is 13.1 Å². The van der Waals surface area contributed by atoms with Gasteiger partial charge in [-0.25, -0.2) is 4.79 Å². The third kappa shape index (κ3) is 4.81. The first-order chi connectivity index (χ1) is 8.49. The van der Waals surface area contributed by atoms with Gasteiger partial charge in [0.1, 0.15) is 0 Å². The Morgan fingerprint density at radius 3 is 2.67 bits per heavy atom. The van der Waals surface area contributed by atoms with Crippen molar-refractivity contribution in [3.8, 4) is 0 Å². The number of imide groups is 1. The van der Waals surface area contributed by atoms with Gasteiger partial charge in [0.05, 0.1) is 6.42 Å². The number of nitrogens with zero attached hydrogens (tertiary/aromatic N) is 1. The highest BCUT2D eigenvalue weighted by atomic mass is 16.4. The lowest BCUT2D eigenvalue weighted by Gasteiger charge is -2.19. The summed E-state index contributed by atoms with van der Waals surface area (Å²) in [7, 11) is 0. The highest BCUT2D eigenvalue weighted by Gasteiger charge is 2.20. The lowest BCUT2D eigenvalue weighted by Crippen LogP contribution is -2.44. The van der Waals surface area contributed by atoms with E-state index in [9.17, 15) is 19.2 Å². The summed E-state index contributed by atoms with van der Waals surface area (Å²) in [6.07, 6.45) is -0.373. The number of carboxylic acid groups (broad SMARTS) is 1. The summed E-state index contributed by atoms with van der Waals surface area (Å²) in [6.45, 7) is 0.906. The fraction of sp³-hybridized carbons (Fsp3) is 0.600. The Morgan fingerprint density at radius 1 is 1.28 bits per heavy atom. The standard InChI is InChI=1S/C10H15N3O5/c14-7-3-5-13(6-4-11-7)10(18)12-8(15)1-2-9(16)17/h1-6H2,(H,11,14)(H,16,17)(H,12,15,18). The molecule has 0 aromatic carbocycles. The van der Waals surface area contributed by atoms with Gasteiger partial charge < -0.3 is 15.3 Å². The second-order valence-corrected chi connectivity index (χ2v) is 3.83. The van der Waals surface area contributed by atoms with Crippen LogP contribution >= 0.6 is 0 Å². The second kappa shape index (κ2) is 6.58. The van der Waals surface area contributed by atoms with E-state index in [-0.39, 0.29) is 31.7 Å². The molecule has 4 amide bonds. The van der Waals surface area contributed by atoms with Crippen LogP contribution in [0, 0.1) is 0 Å². The number of urea groups is 1. The molecule has 3 N–H and O–H groups in total. The van der Waals surface area contributed by atoms with Gasteiger partial charge in [-0.2, -0.15) is 0 Å². The van der Waals surface area contributed by atoms with E-state index in [0.717, 1.165) is 0 Å². The molecule has 1 aliphatic heterocycles. The molecule has 0 aliphatic carbocycles. The normalized spacial score (nSPS) is 15.6. The van der Waals surface area contributed by atoms with Gasteiger partial charge in [-0.05, 0) is 0 Å². The molecule has 0 aromatic rings. The highest BCUT2D eigenvalue weighted by Crippen LogP contribution is 1.98. The first-order valence-electron chi connectivity index (χ1n) is 5.56. The Morgan fingerprint density at radius 2 is 2.00 bits per heavy atom. The maximum absolute atomic E-state index is 11.6. The largest absolute Gasteiger partial charge is 0.481 e. The van der Waals surface area contributed by atoms with Crippen molar-refractivity contribution in [1.29, 1.82) is 0 Å². The minimum Gasteiger partial charge on any atom is -0.481 e. The molecule has 0 saturated carbocycles. The number of hydrogen-bond donors (Lipinski definition) is 3. The number of amides is 4. The van der Waals surface area contributed by atoms with Crippen LogP contribution < -0.4 is 10.6 Å². The first-order valence-corrected chi connectivity index (χ1v) is 5.56. The molecule has 8 heteroatoms. The average Bonchev–Trinajstić information content (AvgIpc) is 2.51. The molecule has 1 aliphatic rings. The summed E-state index contributed by atoms with van der Waals surface area (Å²) in [5, 5.41) is 13.1. The number of aliphatic carboxylic acids is 1. The van der Waals surface area contributed by atoms with E-state index in [1.807, 2.05) is 0 Å². The zero-order valence-corrected chi connectivity index (χ0v) is 9.77. The van der Waals surface area contributed by atoms with Crippen molar-refractivity contribution < 1.29 is 24.3 Å². The van der Waals surface area contributed by atoms with Crippen molar-refractivity contribution in [2.75, 3.05) is 19.6 Å². The Bertz CT molecular complexity index is 369. The van der Waals surface area contributed by atoms with E-state index < -0.39 is 17.9 Å². The SMILES string of the molecule is O=C(O)CCC(=O)NC(=O)N1CCNC(=O)CC1. The van der Waals surface area contributed by atoms with Gasteiger partial charge in [0.2, 0.25) is 11.8 Å². The molecule has 0 aromatic heterocycles. The molecular formula is C10H15N3O5. The first kappa shape index (κ1) is 13.9. The molecule has 0 unspecified atom stereocenters. The summed E-state index contributed by atoms with van der Waals surface area (Å²) in [6, 6.07) is -0.595. The van der Waals surface area contributed by atoms with Crippen LogP contribution in [0.3, 0.4) is 0 Å². The number of nitrogens with one attached hydrogen (secondary N) is 2. The van der Waals surface area contributed by atoms with Crippen LogP contribution in [-0.4, -0.2) is 53.5 Å². The molecule has 1 rings (SSSR count). The smallest absolute Gasteiger partial charge is 0.324 e. The fourth-order valence-corrected chi connectivity index (χ4v) is 1.45. The minimum absolute atomic E-state index is 0.137. The topological polar surface area (TPSA) is 116 Å². The molecule has 18 heavy (non-hydrogen) atoms. The number of carbonyl (C=O) groups is 4. The molecule has 1 saturated heterocycles. The van der Waals surface area contributed by atoms with Gasteiger partial charge in [-0.1, -0.05) is 0 Å². The summed E-state index contributed by atoms with van der Waals surface area (Å²) >= 11 is 0. The van der Waals surface area contributed by atoms with Crippen molar-refractivity contribution in [3.63, 3.8) is 0 Å². The predicted molar refractivity (Wildman–Crippen MR) is 59.6 cm³/mol. The Kier molecular flexibility index (Phi) is 5.09. The Hall–Kier alpha value is -2.12. The maximum atomic E-state index is 11.6. The molecule has 0 radical (unpaired) electrons. The van der Waals surface area contributed by atoms with Gasteiger partial charge >= 0.3 is 12.0 Å². The highest BCUT2D eigenvalue weighted by molar-refractivity contribution is 5.95. The summed E-state index contributed by atoms with van der Waals surface area (Å²) in [4.78, 5) is 45.5. The predicted octanol–water partition coefficient (Wildman–Crippen LogP) is -1.09. The van der Waals surface area contributed by atoms with Crippen molar-refractivity contribution in [2.24, 2.45) is 0 Å². The van der Waals surface area contributed by atoms with Crippen molar-refractivity contribution in [2.45, 2.75) is 19.3 Å². The van der Waals surface area contributed by atoms with Crippen LogP contribution in [0.2, 0.25) is 0 Å². The molecule has 0 bridgehead atoms. The number of hydrogen-bond acceptors (Lipinski definition) is 4. The van der Waals surface area contributed by atoms with E-state index in [1.54, 1.807) is 0 Å². The minimum atomic E-state index is -1.10. The molecule has 8 nitrogen and oxygen atoms in total. The van der Waals surface area contributed by atoms with Gasteiger partial charge in [0.15, 0.2) is 0 Å². The van der Waals surface area contributed by atoms with Crippen LogP contribution in [0.15, 0.2) is 0 Å². The van der Waals surface area contributed by atoms with Crippen LogP contribution in [0.1, 0.15) is 19.3 Å². The summed E-state index contributed by atoms with van der Waals surface area (Å²) < 4.78 is 0. The number of rotatable bonds is 3. The van der Waals surface area contributed by atoms with Crippen molar-refractivity contribution >= 4 is 23.8 Å². The van der Waals surface area contributed by atoms with Gasteiger partial charge in [0, 0.05) is 32.5 Å². The summed E-state index contributed by atoms with van der Waals surface area (Å²) in [5.74, 6) is -1.87. The molecule has 100 valence electrons. The second-order valence-electron chi connectivity index (χ2n) is 3.83. The van der Waals surface area contributed by atoms with E-state index in [2.05, 4.69) is 10.6 Å². The zero-order valence-electron chi connectivity index (χ0n) is 9.77. The lowest BCUT2D eigenvalue weighted by atomic mass is 10.3. The molecular weight excluding hydrogens is 242 g/mol. The van der Waals surface area contributed by atoms with E-state index in [4.69, 9.17) is 5.11 Å². The Labute approximate surface area is 103 Å².